The van der Waals surface area contributed by atoms with Crippen LogP contribution in [0.4, 0.5) is 0 Å². The summed E-state index contributed by atoms with van der Waals surface area (Å²) in [7, 11) is 3.71. The zero-order chi connectivity index (χ0) is 15.2. The van der Waals surface area contributed by atoms with Crippen molar-refractivity contribution in [3.8, 4) is 5.75 Å². The summed E-state index contributed by atoms with van der Waals surface area (Å²) in [5.41, 5.74) is 2.38. The number of ether oxygens (including phenoxy) is 1. The highest BCUT2D eigenvalue weighted by atomic mass is 16.5. The molecule has 0 aliphatic rings. The van der Waals surface area contributed by atoms with Crippen molar-refractivity contribution in [1.82, 2.24) is 14.9 Å². The quantitative estimate of drug-likeness (QED) is 0.850. The van der Waals surface area contributed by atoms with Crippen molar-refractivity contribution >= 4 is 0 Å². The van der Waals surface area contributed by atoms with E-state index in [9.17, 15) is 0 Å². The molecular formula is C17H25N3O. The van der Waals surface area contributed by atoms with Crippen LogP contribution in [-0.4, -0.2) is 23.7 Å². The van der Waals surface area contributed by atoms with Gasteiger partial charge >= 0.3 is 0 Å². The number of nitrogens with zero attached hydrogens (tertiary/aromatic N) is 2. The van der Waals surface area contributed by atoms with Crippen LogP contribution < -0.4 is 10.1 Å². The minimum absolute atomic E-state index is 0.234. The van der Waals surface area contributed by atoms with E-state index in [-0.39, 0.29) is 6.04 Å². The smallest absolute Gasteiger partial charge is 0.122 e. The maximum Gasteiger partial charge on any atom is 0.122 e. The lowest BCUT2D eigenvalue weighted by Gasteiger charge is -2.18. The SMILES string of the molecule is CCCn1ccnc1CC(NC)c1ccc(C)c(OC)c1. The van der Waals surface area contributed by atoms with Crippen LogP contribution in [0, 0.1) is 6.92 Å². The van der Waals surface area contributed by atoms with Crippen LogP contribution in [0.2, 0.25) is 0 Å². The molecule has 1 aromatic carbocycles. The number of aromatic nitrogens is 2. The normalized spacial score (nSPS) is 12.4. The first-order valence-corrected chi connectivity index (χ1v) is 7.51. The van der Waals surface area contributed by atoms with Gasteiger partial charge in [0.25, 0.3) is 0 Å². The van der Waals surface area contributed by atoms with E-state index < -0.39 is 0 Å². The van der Waals surface area contributed by atoms with Gasteiger partial charge in [0.1, 0.15) is 11.6 Å². The number of benzene rings is 1. The minimum Gasteiger partial charge on any atom is -0.496 e. The van der Waals surface area contributed by atoms with Crippen molar-refractivity contribution in [1.29, 1.82) is 0 Å². The van der Waals surface area contributed by atoms with Gasteiger partial charge in [0.15, 0.2) is 0 Å². The Morgan fingerprint density at radius 1 is 1.38 bits per heavy atom. The zero-order valence-electron chi connectivity index (χ0n) is 13.4. The van der Waals surface area contributed by atoms with E-state index in [0.29, 0.717) is 0 Å². The fraction of sp³-hybridized carbons (Fsp3) is 0.471. The fourth-order valence-corrected chi connectivity index (χ4v) is 2.60. The maximum absolute atomic E-state index is 5.43. The number of hydrogen-bond acceptors (Lipinski definition) is 3. The van der Waals surface area contributed by atoms with Crippen LogP contribution in [0.1, 0.15) is 36.3 Å². The summed E-state index contributed by atoms with van der Waals surface area (Å²) in [6, 6.07) is 6.62. The Hall–Kier alpha value is -1.81. The predicted molar refractivity (Wildman–Crippen MR) is 85.8 cm³/mol. The second kappa shape index (κ2) is 7.27. The second-order valence-corrected chi connectivity index (χ2v) is 5.31. The van der Waals surface area contributed by atoms with Crippen molar-refractivity contribution in [2.75, 3.05) is 14.2 Å². The zero-order valence-corrected chi connectivity index (χ0v) is 13.4. The molecule has 0 aliphatic carbocycles. The summed E-state index contributed by atoms with van der Waals surface area (Å²) < 4.78 is 7.66. The van der Waals surface area contributed by atoms with Gasteiger partial charge in [-0.05, 0) is 37.6 Å². The van der Waals surface area contributed by atoms with Gasteiger partial charge in [0.05, 0.1) is 7.11 Å². The van der Waals surface area contributed by atoms with Gasteiger partial charge in [-0.25, -0.2) is 4.98 Å². The highest BCUT2D eigenvalue weighted by Gasteiger charge is 2.15. The Kier molecular flexibility index (Phi) is 5.39. The molecule has 2 aromatic rings. The van der Waals surface area contributed by atoms with Gasteiger partial charge in [0, 0.05) is 31.4 Å². The molecule has 0 saturated carbocycles. The molecule has 0 spiro atoms. The van der Waals surface area contributed by atoms with Crippen molar-refractivity contribution in [2.24, 2.45) is 0 Å². The first-order chi connectivity index (χ1) is 10.2. The highest BCUT2D eigenvalue weighted by molar-refractivity contribution is 5.38. The molecule has 1 aromatic heterocycles. The van der Waals surface area contributed by atoms with Crippen LogP contribution in [0.5, 0.6) is 5.75 Å². The van der Waals surface area contributed by atoms with Gasteiger partial charge in [-0.2, -0.15) is 0 Å². The van der Waals surface area contributed by atoms with Gasteiger partial charge < -0.3 is 14.6 Å². The van der Waals surface area contributed by atoms with E-state index in [4.69, 9.17) is 4.74 Å². The van der Waals surface area contributed by atoms with Gasteiger partial charge in [-0.3, -0.25) is 0 Å². The number of hydrogen-bond donors (Lipinski definition) is 1. The number of rotatable bonds is 7. The molecule has 0 bridgehead atoms. The molecule has 0 fully saturated rings. The van der Waals surface area contributed by atoms with Crippen molar-refractivity contribution in [2.45, 2.75) is 39.3 Å². The summed E-state index contributed by atoms with van der Waals surface area (Å²) in [6.07, 6.45) is 5.93. The van der Waals surface area contributed by atoms with Crippen LogP contribution in [0.25, 0.3) is 0 Å². The Bertz CT molecular complexity index is 577. The van der Waals surface area contributed by atoms with Crippen LogP contribution in [0.15, 0.2) is 30.6 Å². The molecule has 4 heteroatoms. The van der Waals surface area contributed by atoms with Crippen molar-refractivity contribution < 1.29 is 4.74 Å². The molecule has 114 valence electrons. The number of nitrogens with one attached hydrogen (secondary N) is 1. The molecule has 0 radical (unpaired) electrons. The topological polar surface area (TPSA) is 39.1 Å². The van der Waals surface area contributed by atoms with Gasteiger partial charge in [-0.15, -0.1) is 0 Å². The monoisotopic (exact) mass is 287 g/mol. The van der Waals surface area contributed by atoms with Gasteiger partial charge in [-0.1, -0.05) is 19.1 Å². The number of aryl methyl sites for hydroxylation is 2. The summed E-state index contributed by atoms with van der Waals surface area (Å²) in [5, 5.41) is 3.39. The summed E-state index contributed by atoms with van der Waals surface area (Å²) in [5.74, 6) is 2.06. The molecule has 1 unspecified atom stereocenters. The number of imidazole rings is 1. The van der Waals surface area contributed by atoms with Crippen LogP contribution >= 0.6 is 0 Å². The Morgan fingerprint density at radius 2 is 2.19 bits per heavy atom. The molecule has 4 nitrogen and oxygen atoms in total. The highest BCUT2D eigenvalue weighted by Crippen LogP contribution is 2.25. The Morgan fingerprint density at radius 3 is 2.86 bits per heavy atom. The van der Waals surface area contributed by atoms with Crippen LogP contribution in [0.3, 0.4) is 0 Å². The van der Waals surface area contributed by atoms with E-state index in [1.54, 1.807) is 7.11 Å². The third-order valence-electron chi connectivity index (χ3n) is 3.84. The molecular weight excluding hydrogens is 262 g/mol. The number of methoxy groups -OCH3 is 1. The lowest BCUT2D eigenvalue weighted by molar-refractivity contribution is 0.410. The molecule has 1 heterocycles. The van der Waals surface area contributed by atoms with E-state index >= 15 is 0 Å². The Labute approximate surface area is 127 Å². The van der Waals surface area contributed by atoms with E-state index in [1.165, 1.54) is 5.56 Å². The summed E-state index contributed by atoms with van der Waals surface area (Å²) >= 11 is 0. The molecule has 1 N–H and O–H groups in total. The molecule has 0 amide bonds. The predicted octanol–water partition coefficient (Wildman–Crippen LogP) is 3.11. The third-order valence-corrected chi connectivity index (χ3v) is 3.84. The molecule has 1 atom stereocenters. The average Bonchev–Trinajstić information content (AvgIpc) is 2.93. The van der Waals surface area contributed by atoms with Crippen molar-refractivity contribution in [3.63, 3.8) is 0 Å². The van der Waals surface area contributed by atoms with E-state index in [0.717, 1.165) is 36.5 Å². The summed E-state index contributed by atoms with van der Waals surface area (Å²) in [6.45, 7) is 5.26. The average molecular weight is 287 g/mol. The lowest BCUT2D eigenvalue weighted by Crippen LogP contribution is -2.21. The molecule has 0 saturated heterocycles. The van der Waals surface area contributed by atoms with Crippen molar-refractivity contribution in [3.05, 3.63) is 47.5 Å². The lowest BCUT2D eigenvalue weighted by atomic mass is 10.0. The molecule has 2 rings (SSSR count). The molecule has 21 heavy (non-hydrogen) atoms. The standard InChI is InChI=1S/C17H25N3O/c1-5-9-20-10-8-19-17(20)12-15(18-3)14-7-6-13(2)16(11-14)21-4/h6-8,10-11,15,18H,5,9,12H2,1-4H3. The fourth-order valence-electron chi connectivity index (χ4n) is 2.60. The third kappa shape index (κ3) is 3.64. The second-order valence-electron chi connectivity index (χ2n) is 5.31. The van der Waals surface area contributed by atoms with E-state index in [1.807, 2.05) is 13.2 Å². The first-order valence-electron chi connectivity index (χ1n) is 7.51. The largest absolute Gasteiger partial charge is 0.496 e. The van der Waals surface area contributed by atoms with E-state index in [2.05, 4.69) is 53.1 Å². The van der Waals surface area contributed by atoms with Gasteiger partial charge in [0.2, 0.25) is 0 Å². The summed E-state index contributed by atoms with van der Waals surface area (Å²) in [4.78, 5) is 4.50. The number of likely N-dealkylation sites (N-methyl/N-ethyl adjacent to an activating group) is 1. The minimum atomic E-state index is 0.234. The Balaban J connectivity index is 2.21. The molecule has 0 aliphatic heterocycles. The van der Waals surface area contributed by atoms with Crippen LogP contribution in [-0.2, 0) is 13.0 Å². The maximum atomic E-state index is 5.43. The first kappa shape index (κ1) is 15.6.